The van der Waals surface area contributed by atoms with Gasteiger partial charge in [-0.2, -0.15) is 0 Å². The summed E-state index contributed by atoms with van der Waals surface area (Å²) in [4.78, 5) is 43.2. The highest BCUT2D eigenvalue weighted by atomic mass is 16.6. The predicted octanol–water partition coefficient (Wildman–Crippen LogP) is 6.36. The molecule has 3 unspecified atom stereocenters. The molecule has 1 aliphatic rings. The molecule has 7 nitrogen and oxygen atoms in total. The fourth-order valence-electron chi connectivity index (χ4n) is 5.28. The predicted molar refractivity (Wildman–Crippen MR) is 153 cm³/mol. The van der Waals surface area contributed by atoms with E-state index in [0.717, 1.165) is 42.4 Å². The molecular weight excluding hydrogens is 478 g/mol. The number of hydrogen-bond donors (Lipinski definition) is 2. The first-order valence-electron chi connectivity index (χ1n) is 14.3. The highest BCUT2D eigenvalue weighted by molar-refractivity contribution is 5.93. The van der Waals surface area contributed by atoms with E-state index in [0.29, 0.717) is 6.42 Å². The van der Waals surface area contributed by atoms with E-state index in [2.05, 4.69) is 10.6 Å². The van der Waals surface area contributed by atoms with Crippen LogP contribution in [0.2, 0.25) is 0 Å². The minimum atomic E-state index is -0.844. The third-order valence-electron chi connectivity index (χ3n) is 7.39. The van der Waals surface area contributed by atoms with Crippen molar-refractivity contribution in [3.63, 3.8) is 0 Å². The molecule has 2 N–H and O–H groups in total. The van der Waals surface area contributed by atoms with E-state index in [1.807, 2.05) is 66.7 Å². The molecule has 214 valence electrons. The number of nitrogens with zero attached hydrogens (tertiary/aromatic N) is 1. The fourth-order valence-corrected chi connectivity index (χ4v) is 5.28. The van der Waals surface area contributed by atoms with Gasteiger partial charge in [0, 0.05) is 11.6 Å². The van der Waals surface area contributed by atoms with Crippen LogP contribution in [0.1, 0.15) is 117 Å². The minimum Gasteiger partial charge on any atom is -0.444 e. The van der Waals surface area contributed by atoms with Gasteiger partial charge in [-0.3, -0.25) is 9.59 Å². The number of carbonyl (C=O) groups is 3. The Bertz CT molecular complexity index is 950. The van der Waals surface area contributed by atoms with Crippen molar-refractivity contribution in [3.05, 3.63) is 34.9 Å². The number of benzene rings is 1. The molecule has 38 heavy (non-hydrogen) atoms. The smallest absolute Gasteiger partial charge is 0.408 e. The standard InChI is InChI=1S/C31H51N3O4/c1-11-20(2)25(33-29(37)38-31(8,9)10)28(36)34(30(5,6)7)26(24-21(3)16-15-17-22(24)4)27(35)32-23-18-13-12-14-19-23/h15-17,20,23,25-26H,11-14,18-19H2,1-10H3,(H,32,35)(H,33,37). The Morgan fingerprint density at radius 1 is 1.00 bits per heavy atom. The molecule has 0 aromatic heterocycles. The van der Waals surface area contributed by atoms with Crippen LogP contribution >= 0.6 is 0 Å². The number of ether oxygens (including phenoxy) is 1. The molecule has 1 aromatic rings. The van der Waals surface area contributed by atoms with Gasteiger partial charge in [0.15, 0.2) is 0 Å². The minimum absolute atomic E-state index is 0.102. The van der Waals surface area contributed by atoms with E-state index >= 15 is 0 Å². The van der Waals surface area contributed by atoms with Gasteiger partial charge < -0.3 is 20.3 Å². The molecule has 0 spiro atoms. The number of alkyl carbamates (subject to hydrolysis) is 1. The largest absolute Gasteiger partial charge is 0.444 e. The van der Waals surface area contributed by atoms with Crippen molar-refractivity contribution in [2.45, 2.75) is 137 Å². The van der Waals surface area contributed by atoms with Crippen molar-refractivity contribution in [2.24, 2.45) is 5.92 Å². The van der Waals surface area contributed by atoms with Crippen molar-refractivity contribution in [2.75, 3.05) is 0 Å². The zero-order chi connectivity index (χ0) is 28.8. The summed E-state index contributed by atoms with van der Waals surface area (Å²) >= 11 is 0. The lowest BCUT2D eigenvalue weighted by molar-refractivity contribution is -0.149. The lowest BCUT2D eigenvalue weighted by Gasteiger charge is -2.45. The molecule has 7 heteroatoms. The van der Waals surface area contributed by atoms with Crippen molar-refractivity contribution in [1.82, 2.24) is 15.5 Å². The fraction of sp³-hybridized carbons (Fsp3) is 0.710. The molecule has 1 saturated carbocycles. The summed E-state index contributed by atoms with van der Waals surface area (Å²) < 4.78 is 5.51. The quantitative estimate of drug-likeness (QED) is 0.410. The second-order valence-electron chi connectivity index (χ2n) is 12.9. The molecule has 0 heterocycles. The van der Waals surface area contributed by atoms with Crippen LogP contribution in [0.5, 0.6) is 0 Å². The zero-order valence-corrected chi connectivity index (χ0v) is 25.4. The summed E-state index contributed by atoms with van der Waals surface area (Å²) in [5.74, 6) is -0.623. The van der Waals surface area contributed by atoms with Crippen LogP contribution in [0, 0.1) is 19.8 Å². The van der Waals surface area contributed by atoms with Gasteiger partial charge in [0.05, 0.1) is 0 Å². The summed E-state index contributed by atoms with van der Waals surface area (Å²) in [5, 5.41) is 6.14. The second kappa shape index (κ2) is 13.0. The van der Waals surface area contributed by atoms with E-state index in [1.165, 1.54) is 6.42 Å². The summed E-state index contributed by atoms with van der Waals surface area (Å²) in [5.41, 5.74) is 1.34. The molecule has 0 aliphatic heterocycles. The molecule has 3 amide bonds. The van der Waals surface area contributed by atoms with Gasteiger partial charge in [0.1, 0.15) is 17.7 Å². The number of aryl methyl sites for hydroxylation is 2. The second-order valence-corrected chi connectivity index (χ2v) is 12.9. The van der Waals surface area contributed by atoms with Gasteiger partial charge in [-0.1, -0.05) is 57.7 Å². The van der Waals surface area contributed by atoms with Gasteiger partial charge in [-0.25, -0.2) is 4.79 Å². The topological polar surface area (TPSA) is 87.7 Å². The SMILES string of the molecule is CCC(C)C(NC(=O)OC(C)(C)C)C(=O)N(C(C(=O)NC1CCCCC1)c1c(C)cccc1C)C(C)(C)C. The molecule has 1 aliphatic carbocycles. The van der Waals surface area contributed by atoms with Crippen LogP contribution in [-0.2, 0) is 14.3 Å². The average Bonchev–Trinajstić information content (AvgIpc) is 2.79. The third kappa shape index (κ3) is 8.47. The van der Waals surface area contributed by atoms with Crippen molar-refractivity contribution >= 4 is 17.9 Å². The molecule has 0 radical (unpaired) electrons. The maximum absolute atomic E-state index is 14.5. The monoisotopic (exact) mass is 529 g/mol. The maximum Gasteiger partial charge on any atom is 0.408 e. The van der Waals surface area contributed by atoms with Gasteiger partial charge in [-0.05, 0) is 90.8 Å². The van der Waals surface area contributed by atoms with Gasteiger partial charge >= 0.3 is 6.09 Å². The highest BCUT2D eigenvalue weighted by Gasteiger charge is 2.44. The summed E-state index contributed by atoms with van der Waals surface area (Å²) in [6.07, 6.45) is 5.31. The van der Waals surface area contributed by atoms with Crippen LogP contribution < -0.4 is 10.6 Å². The number of hydrogen-bond acceptors (Lipinski definition) is 4. The van der Waals surface area contributed by atoms with Crippen LogP contribution in [0.25, 0.3) is 0 Å². The van der Waals surface area contributed by atoms with Crippen molar-refractivity contribution in [3.8, 4) is 0 Å². The van der Waals surface area contributed by atoms with Crippen LogP contribution in [0.15, 0.2) is 18.2 Å². The normalized spacial score (nSPS) is 17.2. The zero-order valence-electron chi connectivity index (χ0n) is 25.4. The van der Waals surface area contributed by atoms with E-state index in [9.17, 15) is 14.4 Å². The number of amides is 3. The van der Waals surface area contributed by atoms with Crippen molar-refractivity contribution < 1.29 is 19.1 Å². The lowest BCUT2D eigenvalue weighted by atomic mass is 9.88. The molecule has 0 saturated heterocycles. The van der Waals surface area contributed by atoms with Gasteiger partial charge in [-0.15, -0.1) is 0 Å². The van der Waals surface area contributed by atoms with Crippen LogP contribution in [0.4, 0.5) is 4.79 Å². The Balaban J connectivity index is 2.61. The van der Waals surface area contributed by atoms with Crippen LogP contribution in [-0.4, -0.2) is 46.0 Å². The molecule has 2 rings (SSSR count). The third-order valence-corrected chi connectivity index (χ3v) is 7.39. The summed E-state index contributed by atoms with van der Waals surface area (Å²) in [6, 6.07) is 4.37. The lowest BCUT2D eigenvalue weighted by Crippen LogP contribution is -2.60. The van der Waals surface area contributed by atoms with E-state index in [1.54, 1.807) is 25.7 Å². The van der Waals surface area contributed by atoms with E-state index in [4.69, 9.17) is 4.74 Å². The first-order valence-corrected chi connectivity index (χ1v) is 14.3. The maximum atomic E-state index is 14.5. The van der Waals surface area contributed by atoms with Gasteiger partial charge in [0.2, 0.25) is 11.8 Å². The Labute approximate surface area is 230 Å². The Morgan fingerprint density at radius 3 is 2.03 bits per heavy atom. The Kier molecular flexibility index (Phi) is 10.8. The summed E-state index contributed by atoms with van der Waals surface area (Å²) in [7, 11) is 0. The Morgan fingerprint density at radius 2 is 1.55 bits per heavy atom. The average molecular weight is 530 g/mol. The van der Waals surface area contributed by atoms with E-state index in [-0.39, 0.29) is 23.8 Å². The molecule has 3 atom stereocenters. The first kappa shape index (κ1) is 31.6. The molecule has 1 aromatic carbocycles. The number of nitrogens with one attached hydrogen (secondary N) is 2. The molecule has 0 bridgehead atoms. The van der Waals surface area contributed by atoms with E-state index < -0.39 is 29.3 Å². The van der Waals surface area contributed by atoms with Crippen LogP contribution in [0.3, 0.4) is 0 Å². The highest BCUT2D eigenvalue weighted by Crippen LogP contribution is 2.35. The summed E-state index contributed by atoms with van der Waals surface area (Å²) in [6.45, 7) is 19.1. The molecular formula is C31H51N3O4. The van der Waals surface area contributed by atoms with Crippen molar-refractivity contribution in [1.29, 1.82) is 0 Å². The number of rotatable bonds is 8. The Hall–Kier alpha value is -2.57. The first-order chi connectivity index (χ1) is 17.6. The van der Waals surface area contributed by atoms with Gasteiger partial charge in [0.25, 0.3) is 0 Å². The molecule has 1 fully saturated rings. The number of carbonyl (C=O) groups excluding carboxylic acids is 3.